The minimum Gasteiger partial charge on any atom is -0.391 e. The molecule has 0 spiro atoms. The van der Waals surface area contributed by atoms with Gasteiger partial charge < -0.3 is 15.7 Å². The standard InChI is InChI=1S/C13H15BrN4O2.ClH/c14-8-1-2-10-9(3-8)12(18-17-10)13(20)16-5-7-4-15-6-11(7)19;/h1-3,7,11,15,19H,4-6H2,(H,16,20)(H,17,18);1H. The molecular formula is C13H16BrClN4O2. The number of β-amino-alcohol motifs (C(OH)–C–C–N with tert-alkyl or cyclic N) is 1. The third-order valence-corrected chi connectivity index (χ3v) is 4.06. The second-order valence-corrected chi connectivity index (χ2v) is 5.87. The van der Waals surface area contributed by atoms with E-state index in [1.807, 2.05) is 18.2 Å². The van der Waals surface area contributed by atoms with Gasteiger partial charge in [0.1, 0.15) is 0 Å². The number of halogens is 2. The van der Waals surface area contributed by atoms with E-state index in [1.54, 1.807) is 0 Å². The van der Waals surface area contributed by atoms with Crippen LogP contribution in [0.3, 0.4) is 0 Å². The van der Waals surface area contributed by atoms with Crippen LogP contribution in [-0.4, -0.2) is 46.9 Å². The maximum atomic E-state index is 12.2. The van der Waals surface area contributed by atoms with Gasteiger partial charge in [-0.15, -0.1) is 12.4 Å². The summed E-state index contributed by atoms with van der Waals surface area (Å²) in [7, 11) is 0. The van der Waals surface area contributed by atoms with Gasteiger partial charge in [0.05, 0.1) is 11.6 Å². The predicted molar refractivity (Wildman–Crippen MR) is 85.7 cm³/mol. The number of carbonyl (C=O) groups is 1. The summed E-state index contributed by atoms with van der Waals surface area (Å²) in [4.78, 5) is 12.2. The predicted octanol–water partition coefficient (Wildman–Crippen LogP) is 1.06. The second-order valence-electron chi connectivity index (χ2n) is 4.96. The molecule has 21 heavy (non-hydrogen) atoms. The van der Waals surface area contributed by atoms with E-state index in [0.29, 0.717) is 25.3 Å². The van der Waals surface area contributed by atoms with Crippen LogP contribution in [0.2, 0.25) is 0 Å². The van der Waals surface area contributed by atoms with Crippen LogP contribution >= 0.6 is 28.3 Å². The summed E-state index contributed by atoms with van der Waals surface area (Å²) in [5, 5.41) is 23.3. The molecule has 1 aliphatic rings. The maximum Gasteiger partial charge on any atom is 0.272 e. The molecule has 2 heterocycles. The Morgan fingerprint density at radius 3 is 3.00 bits per heavy atom. The average Bonchev–Trinajstić information content (AvgIpc) is 3.02. The van der Waals surface area contributed by atoms with Crippen LogP contribution in [0.25, 0.3) is 10.9 Å². The fraction of sp³-hybridized carbons (Fsp3) is 0.385. The van der Waals surface area contributed by atoms with Crippen LogP contribution in [0, 0.1) is 5.92 Å². The zero-order chi connectivity index (χ0) is 14.1. The summed E-state index contributed by atoms with van der Waals surface area (Å²) >= 11 is 3.39. The summed E-state index contributed by atoms with van der Waals surface area (Å²) in [5.41, 5.74) is 1.20. The van der Waals surface area contributed by atoms with Crippen LogP contribution in [0.4, 0.5) is 0 Å². The molecule has 114 valence electrons. The number of fused-ring (bicyclic) bond motifs is 1. The number of aliphatic hydroxyl groups excluding tert-OH is 1. The minimum absolute atomic E-state index is 0. The Bertz CT molecular complexity index is 648. The largest absolute Gasteiger partial charge is 0.391 e. The fourth-order valence-electron chi connectivity index (χ4n) is 2.39. The van der Waals surface area contributed by atoms with Gasteiger partial charge in [-0.3, -0.25) is 9.89 Å². The highest BCUT2D eigenvalue weighted by molar-refractivity contribution is 9.10. The van der Waals surface area contributed by atoms with Crippen molar-refractivity contribution in [1.29, 1.82) is 0 Å². The molecule has 1 aromatic carbocycles. The lowest BCUT2D eigenvalue weighted by molar-refractivity contribution is 0.0923. The topological polar surface area (TPSA) is 90.0 Å². The third-order valence-electron chi connectivity index (χ3n) is 3.57. The molecule has 1 amide bonds. The van der Waals surface area contributed by atoms with E-state index >= 15 is 0 Å². The molecule has 1 aliphatic heterocycles. The summed E-state index contributed by atoms with van der Waals surface area (Å²) in [6.45, 7) is 1.74. The lowest BCUT2D eigenvalue weighted by atomic mass is 10.1. The van der Waals surface area contributed by atoms with Crippen molar-refractivity contribution in [3.05, 3.63) is 28.4 Å². The van der Waals surface area contributed by atoms with Gasteiger partial charge in [0.2, 0.25) is 0 Å². The molecule has 2 unspecified atom stereocenters. The highest BCUT2D eigenvalue weighted by Crippen LogP contribution is 2.21. The molecule has 1 fully saturated rings. The second kappa shape index (κ2) is 6.74. The number of hydrogen-bond donors (Lipinski definition) is 4. The lowest BCUT2D eigenvalue weighted by Gasteiger charge is -2.13. The molecule has 1 aromatic heterocycles. The molecule has 0 bridgehead atoms. The Labute approximate surface area is 136 Å². The van der Waals surface area contributed by atoms with Crippen molar-refractivity contribution in [1.82, 2.24) is 20.8 Å². The van der Waals surface area contributed by atoms with E-state index in [2.05, 4.69) is 36.8 Å². The van der Waals surface area contributed by atoms with Gasteiger partial charge in [0.15, 0.2) is 5.69 Å². The van der Waals surface area contributed by atoms with Gasteiger partial charge in [-0.1, -0.05) is 15.9 Å². The number of aromatic amines is 1. The van der Waals surface area contributed by atoms with E-state index in [0.717, 1.165) is 15.4 Å². The number of aliphatic hydroxyl groups is 1. The smallest absolute Gasteiger partial charge is 0.272 e. The van der Waals surface area contributed by atoms with Crippen molar-refractivity contribution >= 4 is 45.1 Å². The number of carbonyl (C=O) groups excluding carboxylic acids is 1. The van der Waals surface area contributed by atoms with Crippen molar-refractivity contribution in [3.8, 4) is 0 Å². The zero-order valence-corrected chi connectivity index (χ0v) is 13.5. The van der Waals surface area contributed by atoms with Gasteiger partial charge in [-0.2, -0.15) is 5.10 Å². The van der Waals surface area contributed by atoms with Gasteiger partial charge in [-0.25, -0.2) is 0 Å². The molecule has 0 aliphatic carbocycles. The van der Waals surface area contributed by atoms with Gasteiger partial charge in [0.25, 0.3) is 5.91 Å². The Hall–Kier alpha value is -1.15. The van der Waals surface area contributed by atoms with E-state index in [1.165, 1.54) is 0 Å². The highest BCUT2D eigenvalue weighted by Gasteiger charge is 2.25. The normalized spacial score (nSPS) is 21.2. The molecule has 2 aromatic rings. The Morgan fingerprint density at radius 2 is 2.29 bits per heavy atom. The SMILES string of the molecule is Cl.O=C(NCC1CNCC1O)c1n[nH]c2ccc(Br)cc12. The molecule has 3 rings (SSSR count). The lowest BCUT2D eigenvalue weighted by Crippen LogP contribution is -2.34. The fourth-order valence-corrected chi connectivity index (χ4v) is 2.76. The summed E-state index contributed by atoms with van der Waals surface area (Å²) < 4.78 is 0.899. The van der Waals surface area contributed by atoms with Gasteiger partial charge in [0, 0.05) is 35.4 Å². The van der Waals surface area contributed by atoms with Crippen molar-refractivity contribution in [3.63, 3.8) is 0 Å². The molecule has 6 nitrogen and oxygen atoms in total. The highest BCUT2D eigenvalue weighted by atomic mass is 79.9. The average molecular weight is 376 g/mol. The third kappa shape index (κ3) is 3.37. The first kappa shape index (κ1) is 16.2. The number of H-pyrrole nitrogens is 1. The van der Waals surface area contributed by atoms with Crippen LogP contribution in [-0.2, 0) is 0 Å². The van der Waals surface area contributed by atoms with E-state index < -0.39 is 6.10 Å². The summed E-state index contributed by atoms with van der Waals surface area (Å²) in [6, 6.07) is 5.62. The minimum atomic E-state index is -0.402. The van der Waals surface area contributed by atoms with E-state index in [9.17, 15) is 9.90 Å². The summed E-state index contributed by atoms with van der Waals surface area (Å²) in [5.74, 6) is -0.177. The first-order valence-electron chi connectivity index (χ1n) is 6.46. The van der Waals surface area contributed by atoms with E-state index in [-0.39, 0.29) is 24.2 Å². The van der Waals surface area contributed by atoms with Crippen LogP contribution in [0.5, 0.6) is 0 Å². The summed E-state index contributed by atoms with van der Waals surface area (Å²) in [6.07, 6.45) is -0.402. The van der Waals surface area contributed by atoms with Crippen molar-refractivity contribution in [2.24, 2.45) is 5.92 Å². The first-order valence-corrected chi connectivity index (χ1v) is 7.25. The number of rotatable bonds is 3. The Balaban J connectivity index is 0.00000161. The molecule has 4 N–H and O–H groups in total. The monoisotopic (exact) mass is 374 g/mol. The molecule has 0 radical (unpaired) electrons. The number of hydrogen-bond acceptors (Lipinski definition) is 4. The molecular weight excluding hydrogens is 360 g/mol. The van der Waals surface area contributed by atoms with Gasteiger partial charge in [-0.05, 0) is 18.2 Å². The number of aromatic nitrogens is 2. The van der Waals surface area contributed by atoms with Crippen LogP contribution in [0.1, 0.15) is 10.5 Å². The molecule has 1 saturated heterocycles. The van der Waals surface area contributed by atoms with Crippen LogP contribution < -0.4 is 10.6 Å². The number of amides is 1. The zero-order valence-electron chi connectivity index (χ0n) is 11.1. The van der Waals surface area contributed by atoms with E-state index in [4.69, 9.17) is 0 Å². The Morgan fingerprint density at radius 1 is 1.48 bits per heavy atom. The molecule has 0 saturated carbocycles. The molecule has 2 atom stereocenters. The van der Waals surface area contributed by atoms with Crippen molar-refractivity contribution in [2.75, 3.05) is 19.6 Å². The number of benzene rings is 1. The van der Waals surface area contributed by atoms with Crippen molar-refractivity contribution in [2.45, 2.75) is 6.10 Å². The van der Waals surface area contributed by atoms with Crippen molar-refractivity contribution < 1.29 is 9.90 Å². The Kier molecular flexibility index (Phi) is 5.21. The maximum absolute atomic E-state index is 12.2. The number of nitrogens with one attached hydrogen (secondary N) is 3. The first-order chi connectivity index (χ1) is 9.65. The number of nitrogens with zero attached hydrogens (tertiary/aromatic N) is 1. The quantitative estimate of drug-likeness (QED) is 0.646. The van der Waals surface area contributed by atoms with Gasteiger partial charge >= 0.3 is 0 Å². The van der Waals surface area contributed by atoms with Crippen LogP contribution in [0.15, 0.2) is 22.7 Å². The molecule has 8 heteroatoms.